The average Bonchev–Trinajstić information content (AvgIpc) is 3.37. The zero-order valence-electron chi connectivity index (χ0n) is 15.5. The molecule has 4 rings (SSSR count). The van der Waals surface area contributed by atoms with Crippen molar-refractivity contribution < 1.29 is 4.79 Å². The molecule has 0 radical (unpaired) electrons. The lowest BCUT2D eigenvalue weighted by Gasteiger charge is -2.09. The van der Waals surface area contributed by atoms with Gasteiger partial charge in [-0.2, -0.15) is 0 Å². The molecule has 0 aliphatic heterocycles. The fourth-order valence-electron chi connectivity index (χ4n) is 3.00. The molecule has 2 aromatic heterocycles. The van der Waals surface area contributed by atoms with Gasteiger partial charge in [0.05, 0.1) is 15.2 Å². The Morgan fingerprint density at radius 2 is 2.11 bits per heavy atom. The number of nitrogens with one attached hydrogen (secondary N) is 1. The van der Waals surface area contributed by atoms with Crippen LogP contribution in [0.5, 0.6) is 0 Å². The standard InChI is InChI=1S/C21H20N4OS2/c1-27-21-23-12-13-25(21)16-7-4-6-15(14-16)20(26)22-11-5-10-19-24-17-8-2-3-9-18(17)28-19/h2-4,6-9,12-14H,5,10-11H2,1H3,(H,22,26). The minimum Gasteiger partial charge on any atom is -0.352 e. The van der Waals surface area contributed by atoms with E-state index in [4.69, 9.17) is 0 Å². The van der Waals surface area contributed by atoms with Gasteiger partial charge in [0.1, 0.15) is 0 Å². The molecule has 0 saturated carbocycles. The molecular formula is C21H20N4OS2. The van der Waals surface area contributed by atoms with E-state index in [2.05, 4.69) is 21.4 Å². The van der Waals surface area contributed by atoms with Gasteiger partial charge in [-0.1, -0.05) is 30.0 Å². The molecule has 0 fully saturated rings. The van der Waals surface area contributed by atoms with Crippen molar-refractivity contribution in [2.45, 2.75) is 18.0 Å². The number of carbonyl (C=O) groups excluding carboxylic acids is 1. The second-order valence-electron chi connectivity index (χ2n) is 6.27. The molecule has 2 aromatic carbocycles. The number of carbonyl (C=O) groups is 1. The van der Waals surface area contributed by atoms with Gasteiger partial charge >= 0.3 is 0 Å². The first-order chi connectivity index (χ1) is 13.7. The van der Waals surface area contributed by atoms with Crippen LogP contribution in [0, 0.1) is 0 Å². The maximum Gasteiger partial charge on any atom is 0.251 e. The third-order valence-corrected chi connectivity index (χ3v) is 6.13. The smallest absolute Gasteiger partial charge is 0.251 e. The molecule has 4 aromatic rings. The Morgan fingerprint density at radius 1 is 1.21 bits per heavy atom. The minimum absolute atomic E-state index is 0.0584. The third kappa shape index (κ3) is 4.10. The van der Waals surface area contributed by atoms with Gasteiger partial charge in [-0.15, -0.1) is 11.3 Å². The Kier molecular flexibility index (Phi) is 5.73. The summed E-state index contributed by atoms with van der Waals surface area (Å²) in [5, 5.41) is 5.02. The van der Waals surface area contributed by atoms with Gasteiger partial charge in [-0.25, -0.2) is 9.97 Å². The van der Waals surface area contributed by atoms with Crippen molar-refractivity contribution in [2.24, 2.45) is 0 Å². The molecule has 142 valence electrons. The lowest BCUT2D eigenvalue weighted by atomic mass is 10.2. The van der Waals surface area contributed by atoms with Crippen molar-refractivity contribution in [2.75, 3.05) is 12.8 Å². The lowest BCUT2D eigenvalue weighted by molar-refractivity contribution is 0.0953. The number of rotatable bonds is 7. The fraction of sp³-hybridized carbons (Fsp3) is 0.190. The van der Waals surface area contributed by atoms with Crippen molar-refractivity contribution in [3.8, 4) is 5.69 Å². The Balaban J connectivity index is 1.34. The van der Waals surface area contributed by atoms with Crippen LogP contribution in [-0.2, 0) is 6.42 Å². The van der Waals surface area contributed by atoms with Crippen molar-refractivity contribution >= 4 is 39.2 Å². The summed E-state index contributed by atoms with van der Waals surface area (Å²) in [5.41, 5.74) is 2.63. The van der Waals surface area contributed by atoms with Crippen LogP contribution < -0.4 is 5.32 Å². The summed E-state index contributed by atoms with van der Waals surface area (Å²) in [5.74, 6) is -0.0584. The number of fused-ring (bicyclic) bond motifs is 1. The number of nitrogens with zero attached hydrogens (tertiary/aromatic N) is 3. The van der Waals surface area contributed by atoms with Crippen LogP contribution in [0.4, 0.5) is 0 Å². The number of thiazole rings is 1. The van der Waals surface area contributed by atoms with Crippen LogP contribution in [0.15, 0.2) is 66.1 Å². The lowest BCUT2D eigenvalue weighted by Crippen LogP contribution is -2.24. The maximum atomic E-state index is 12.5. The number of aryl methyl sites for hydroxylation is 1. The van der Waals surface area contributed by atoms with E-state index in [1.165, 1.54) is 4.70 Å². The normalized spacial score (nSPS) is 11.0. The molecule has 0 saturated heterocycles. The van der Waals surface area contributed by atoms with E-state index < -0.39 is 0 Å². The first kappa shape index (κ1) is 18.7. The van der Waals surface area contributed by atoms with Crippen LogP contribution >= 0.6 is 23.1 Å². The van der Waals surface area contributed by atoms with Gasteiger partial charge in [0, 0.05) is 36.6 Å². The van der Waals surface area contributed by atoms with Crippen LogP contribution in [0.25, 0.3) is 15.9 Å². The molecule has 0 spiro atoms. The van der Waals surface area contributed by atoms with Crippen molar-refractivity contribution in [3.63, 3.8) is 0 Å². The highest BCUT2D eigenvalue weighted by Gasteiger charge is 2.09. The van der Waals surface area contributed by atoms with Gasteiger partial charge in [-0.05, 0) is 43.0 Å². The monoisotopic (exact) mass is 408 g/mol. The van der Waals surface area contributed by atoms with Crippen LogP contribution in [0.1, 0.15) is 21.8 Å². The molecule has 0 atom stereocenters. The van der Waals surface area contributed by atoms with Crippen LogP contribution in [0.3, 0.4) is 0 Å². The molecule has 1 N–H and O–H groups in total. The van der Waals surface area contributed by atoms with E-state index in [1.54, 1.807) is 29.3 Å². The highest BCUT2D eigenvalue weighted by atomic mass is 32.2. The number of hydrogen-bond acceptors (Lipinski definition) is 5. The average molecular weight is 409 g/mol. The summed E-state index contributed by atoms with van der Waals surface area (Å²) in [6.07, 6.45) is 7.39. The number of aromatic nitrogens is 3. The zero-order chi connectivity index (χ0) is 19.3. The van der Waals surface area contributed by atoms with Crippen molar-refractivity contribution in [3.05, 3.63) is 71.5 Å². The van der Waals surface area contributed by atoms with E-state index in [-0.39, 0.29) is 5.91 Å². The second-order valence-corrected chi connectivity index (χ2v) is 8.16. The first-order valence-electron chi connectivity index (χ1n) is 9.05. The summed E-state index contributed by atoms with van der Waals surface area (Å²) in [6.45, 7) is 0.625. The van der Waals surface area contributed by atoms with Crippen LogP contribution in [0.2, 0.25) is 0 Å². The molecule has 5 nitrogen and oxygen atoms in total. The molecule has 28 heavy (non-hydrogen) atoms. The van der Waals surface area contributed by atoms with E-state index in [0.717, 1.165) is 34.2 Å². The Morgan fingerprint density at radius 3 is 2.96 bits per heavy atom. The third-order valence-electron chi connectivity index (χ3n) is 4.37. The highest BCUT2D eigenvalue weighted by molar-refractivity contribution is 7.98. The Labute approximate surface area is 171 Å². The van der Waals surface area contributed by atoms with E-state index in [1.807, 2.05) is 59.5 Å². The molecule has 1 amide bonds. The molecule has 0 bridgehead atoms. The first-order valence-corrected chi connectivity index (χ1v) is 11.1. The summed E-state index contributed by atoms with van der Waals surface area (Å²) in [4.78, 5) is 21.5. The molecule has 7 heteroatoms. The van der Waals surface area contributed by atoms with Crippen molar-refractivity contribution in [1.29, 1.82) is 0 Å². The molecule has 0 aliphatic carbocycles. The van der Waals surface area contributed by atoms with Gasteiger partial charge in [0.25, 0.3) is 5.91 Å². The predicted molar refractivity (Wildman–Crippen MR) is 116 cm³/mol. The molecular weight excluding hydrogens is 388 g/mol. The van der Waals surface area contributed by atoms with Gasteiger partial charge < -0.3 is 5.32 Å². The zero-order valence-corrected chi connectivity index (χ0v) is 17.1. The number of hydrogen-bond donors (Lipinski definition) is 1. The number of amides is 1. The molecule has 2 heterocycles. The quantitative estimate of drug-likeness (QED) is 0.360. The fourth-order valence-corrected chi connectivity index (χ4v) is 4.54. The Bertz CT molecular complexity index is 1070. The molecule has 0 unspecified atom stereocenters. The Hall–Kier alpha value is -2.64. The second kappa shape index (κ2) is 8.58. The maximum absolute atomic E-state index is 12.5. The SMILES string of the molecule is CSc1nccn1-c1cccc(C(=O)NCCCc2nc3ccccc3s2)c1. The van der Waals surface area contributed by atoms with E-state index in [0.29, 0.717) is 12.1 Å². The largest absolute Gasteiger partial charge is 0.352 e. The van der Waals surface area contributed by atoms with Crippen molar-refractivity contribution in [1.82, 2.24) is 19.9 Å². The number of imidazole rings is 1. The predicted octanol–water partition coefficient (Wildman–Crippen LogP) is 4.57. The summed E-state index contributed by atoms with van der Waals surface area (Å²) < 4.78 is 3.19. The topological polar surface area (TPSA) is 59.8 Å². The number of benzene rings is 2. The summed E-state index contributed by atoms with van der Waals surface area (Å²) in [7, 11) is 0. The van der Waals surface area contributed by atoms with E-state index in [9.17, 15) is 4.79 Å². The number of thioether (sulfide) groups is 1. The van der Waals surface area contributed by atoms with Gasteiger partial charge in [-0.3, -0.25) is 9.36 Å². The number of para-hydroxylation sites is 1. The van der Waals surface area contributed by atoms with Gasteiger partial charge in [0.2, 0.25) is 0 Å². The highest BCUT2D eigenvalue weighted by Crippen LogP contribution is 2.22. The molecule has 0 aliphatic rings. The minimum atomic E-state index is -0.0584. The summed E-state index contributed by atoms with van der Waals surface area (Å²) >= 11 is 3.30. The van der Waals surface area contributed by atoms with Crippen LogP contribution in [-0.4, -0.2) is 33.2 Å². The van der Waals surface area contributed by atoms with E-state index >= 15 is 0 Å². The van der Waals surface area contributed by atoms with Gasteiger partial charge in [0.15, 0.2) is 5.16 Å². The summed E-state index contributed by atoms with van der Waals surface area (Å²) in [6, 6.07) is 15.8.